The van der Waals surface area contributed by atoms with Gasteiger partial charge in [0.05, 0.1) is 18.8 Å². The third kappa shape index (κ3) is 5.57. The van der Waals surface area contributed by atoms with E-state index in [2.05, 4.69) is 10.6 Å². The first-order valence-electron chi connectivity index (χ1n) is 8.07. The molecule has 24 heavy (non-hydrogen) atoms. The van der Waals surface area contributed by atoms with Crippen molar-refractivity contribution in [1.82, 2.24) is 5.32 Å². The van der Waals surface area contributed by atoms with Gasteiger partial charge in [0, 0.05) is 6.54 Å². The third-order valence-corrected chi connectivity index (χ3v) is 3.53. The van der Waals surface area contributed by atoms with E-state index in [-0.39, 0.29) is 18.3 Å². The topological polar surface area (TPSA) is 50.4 Å². The number of halogens is 1. The van der Waals surface area contributed by atoms with E-state index < -0.39 is 0 Å². The number of amides is 1. The van der Waals surface area contributed by atoms with Gasteiger partial charge in [-0.25, -0.2) is 4.39 Å². The molecule has 0 aliphatic heterocycles. The number of aryl methyl sites for hydroxylation is 1. The summed E-state index contributed by atoms with van der Waals surface area (Å²) in [5.41, 5.74) is 2.89. The molecule has 0 unspecified atom stereocenters. The third-order valence-electron chi connectivity index (χ3n) is 3.53. The first-order chi connectivity index (χ1) is 11.6. The van der Waals surface area contributed by atoms with Gasteiger partial charge in [-0.1, -0.05) is 18.2 Å². The Balaban J connectivity index is 1.77. The van der Waals surface area contributed by atoms with Gasteiger partial charge in [0.15, 0.2) is 0 Å². The monoisotopic (exact) mass is 330 g/mol. The number of benzene rings is 2. The Morgan fingerprint density at radius 3 is 2.62 bits per heavy atom. The van der Waals surface area contributed by atoms with E-state index in [1.807, 2.05) is 32.0 Å². The lowest BCUT2D eigenvalue weighted by Crippen LogP contribution is -2.31. The average Bonchev–Trinajstić information content (AvgIpc) is 2.56. The van der Waals surface area contributed by atoms with Crippen molar-refractivity contribution in [3.05, 3.63) is 59.4 Å². The van der Waals surface area contributed by atoms with Crippen molar-refractivity contribution in [2.75, 3.05) is 25.0 Å². The Morgan fingerprint density at radius 1 is 1.17 bits per heavy atom. The molecule has 2 N–H and O–H groups in total. The number of carbonyl (C=O) groups excluding carboxylic acids is 1. The highest BCUT2D eigenvalue weighted by atomic mass is 19.1. The van der Waals surface area contributed by atoms with Gasteiger partial charge >= 0.3 is 0 Å². The Hall–Kier alpha value is -2.56. The fourth-order valence-electron chi connectivity index (χ4n) is 2.29. The number of nitrogens with one attached hydrogen (secondary N) is 2. The predicted octanol–water partition coefficient (Wildman–Crippen LogP) is 3.30. The van der Waals surface area contributed by atoms with Gasteiger partial charge in [0.1, 0.15) is 11.6 Å². The lowest BCUT2D eigenvalue weighted by Gasteiger charge is -2.13. The first-order valence-corrected chi connectivity index (χ1v) is 8.07. The SMILES string of the molecule is CCOc1cc(C)ccc1NCC(=O)NCCc1ccc(F)cc1. The van der Waals surface area contributed by atoms with Crippen LogP contribution in [-0.2, 0) is 11.2 Å². The van der Waals surface area contributed by atoms with Crippen molar-refractivity contribution < 1.29 is 13.9 Å². The lowest BCUT2D eigenvalue weighted by atomic mass is 10.1. The number of carbonyl (C=O) groups is 1. The van der Waals surface area contributed by atoms with Crippen LogP contribution in [0.15, 0.2) is 42.5 Å². The van der Waals surface area contributed by atoms with Crippen LogP contribution in [0.2, 0.25) is 0 Å². The summed E-state index contributed by atoms with van der Waals surface area (Å²) >= 11 is 0. The molecular weight excluding hydrogens is 307 g/mol. The molecule has 0 spiro atoms. The summed E-state index contributed by atoms with van der Waals surface area (Å²) in [4.78, 5) is 11.9. The van der Waals surface area contributed by atoms with E-state index in [4.69, 9.17) is 4.74 Å². The molecule has 128 valence electrons. The van der Waals surface area contributed by atoms with Crippen molar-refractivity contribution in [3.8, 4) is 5.75 Å². The molecule has 0 bridgehead atoms. The maximum Gasteiger partial charge on any atom is 0.239 e. The minimum atomic E-state index is -0.254. The highest BCUT2D eigenvalue weighted by Gasteiger charge is 2.06. The predicted molar refractivity (Wildman–Crippen MR) is 94.0 cm³/mol. The Bertz CT molecular complexity index is 672. The molecule has 0 aromatic heterocycles. The summed E-state index contributed by atoms with van der Waals surface area (Å²) in [6.07, 6.45) is 0.667. The quantitative estimate of drug-likeness (QED) is 0.781. The summed E-state index contributed by atoms with van der Waals surface area (Å²) in [6, 6.07) is 12.1. The first kappa shape index (κ1) is 17.8. The molecule has 0 fully saturated rings. The zero-order valence-corrected chi connectivity index (χ0v) is 14.1. The van der Waals surface area contributed by atoms with Gasteiger partial charge in [0.2, 0.25) is 5.91 Å². The maximum absolute atomic E-state index is 12.8. The normalized spacial score (nSPS) is 10.3. The largest absolute Gasteiger partial charge is 0.492 e. The fourth-order valence-corrected chi connectivity index (χ4v) is 2.29. The summed E-state index contributed by atoms with van der Waals surface area (Å²) in [5, 5.41) is 5.94. The molecule has 0 saturated carbocycles. The van der Waals surface area contributed by atoms with Gasteiger partial charge in [-0.3, -0.25) is 4.79 Å². The van der Waals surface area contributed by atoms with Gasteiger partial charge in [-0.05, 0) is 55.7 Å². The molecule has 0 saturated heterocycles. The van der Waals surface area contributed by atoms with Gasteiger partial charge < -0.3 is 15.4 Å². The van der Waals surface area contributed by atoms with Gasteiger partial charge in [0.25, 0.3) is 0 Å². The minimum Gasteiger partial charge on any atom is -0.492 e. The molecule has 2 rings (SSSR count). The van der Waals surface area contributed by atoms with Crippen LogP contribution >= 0.6 is 0 Å². The number of rotatable bonds is 8. The summed E-state index contributed by atoms with van der Waals surface area (Å²) < 4.78 is 18.4. The number of hydrogen-bond donors (Lipinski definition) is 2. The summed E-state index contributed by atoms with van der Waals surface area (Å²) in [6.45, 7) is 5.18. The highest BCUT2D eigenvalue weighted by molar-refractivity contribution is 5.81. The molecule has 0 aliphatic rings. The van der Waals surface area contributed by atoms with Crippen molar-refractivity contribution >= 4 is 11.6 Å². The van der Waals surface area contributed by atoms with Crippen molar-refractivity contribution in [3.63, 3.8) is 0 Å². The second-order valence-electron chi connectivity index (χ2n) is 5.51. The smallest absolute Gasteiger partial charge is 0.239 e. The lowest BCUT2D eigenvalue weighted by molar-refractivity contribution is -0.119. The molecule has 5 heteroatoms. The second-order valence-corrected chi connectivity index (χ2v) is 5.51. The second kappa shape index (κ2) is 8.91. The standard InChI is InChI=1S/C19H23FN2O2/c1-3-24-18-12-14(2)4-9-17(18)22-13-19(23)21-11-10-15-5-7-16(20)8-6-15/h4-9,12,22H,3,10-11,13H2,1-2H3,(H,21,23). The molecular formula is C19H23FN2O2. The van der Waals surface area contributed by atoms with Gasteiger partial charge in [-0.15, -0.1) is 0 Å². The molecule has 0 aliphatic carbocycles. The average molecular weight is 330 g/mol. The van der Waals surface area contributed by atoms with E-state index in [1.54, 1.807) is 12.1 Å². The van der Waals surface area contributed by atoms with Crippen LogP contribution in [0.1, 0.15) is 18.1 Å². The van der Waals surface area contributed by atoms with Crippen LogP contribution in [-0.4, -0.2) is 25.6 Å². The Labute approximate surface area is 142 Å². The minimum absolute atomic E-state index is 0.0971. The number of ether oxygens (including phenoxy) is 1. The molecule has 1 amide bonds. The molecule has 4 nitrogen and oxygen atoms in total. The molecule has 2 aromatic carbocycles. The number of hydrogen-bond acceptors (Lipinski definition) is 3. The molecule has 2 aromatic rings. The van der Waals surface area contributed by atoms with Crippen LogP contribution < -0.4 is 15.4 Å². The van der Waals surface area contributed by atoms with Crippen molar-refractivity contribution in [1.29, 1.82) is 0 Å². The van der Waals surface area contributed by atoms with Crippen LogP contribution in [0.3, 0.4) is 0 Å². The highest BCUT2D eigenvalue weighted by Crippen LogP contribution is 2.25. The Morgan fingerprint density at radius 2 is 1.92 bits per heavy atom. The fraction of sp³-hybridized carbons (Fsp3) is 0.316. The summed E-state index contributed by atoms with van der Waals surface area (Å²) in [5.74, 6) is 0.395. The van der Waals surface area contributed by atoms with E-state index in [0.717, 1.165) is 22.6 Å². The van der Waals surface area contributed by atoms with Crippen LogP contribution in [0.5, 0.6) is 5.75 Å². The van der Waals surface area contributed by atoms with Crippen LogP contribution in [0.25, 0.3) is 0 Å². The van der Waals surface area contributed by atoms with Crippen LogP contribution in [0.4, 0.5) is 10.1 Å². The van der Waals surface area contributed by atoms with E-state index >= 15 is 0 Å². The van der Waals surface area contributed by atoms with Crippen molar-refractivity contribution in [2.45, 2.75) is 20.3 Å². The van der Waals surface area contributed by atoms with Crippen LogP contribution in [0, 0.1) is 12.7 Å². The summed E-state index contributed by atoms with van der Waals surface area (Å²) in [7, 11) is 0. The maximum atomic E-state index is 12.8. The Kier molecular flexibility index (Phi) is 6.61. The van der Waals surface area contributed by atoms with Crippen molar-refractivity contribution in [2.24, 2.45) is 0 Å². The van der Waals surface area contributed by atoms with E-state index in [9.17, 15) is 9.18 Å². The molecule has 0 heterocycles. The molecule has 0 radical (unpaired) electrons. The zero-order valence-electron chi connectivity index (χ0n) is 14.1. The van der Waals surface area contributed by atoms with Gasteiger partial charge in [-0.2, -0.15) is 0 Å². The molecule has 0 atom stereocenters. The number of anilines is 1. The zero-order chi connectivity index (χ0) is 17.4. The van der Waals surface area contributed by atoms with E-state index in [1.165, 1.54) is 12.1 Å². The van der Waals surface area contributed by atoms with E-state index in [0.29, 0.717) is 19.6 Å².